The standard InChI is InChI=1S/C31H38FN3O5S/c1-7-40-28-11-9-8-10-27(28)35(41(38,39)26-18-12-22(2)13-19-26)21-29(36)34(20-24-14-16-25(32)17-15-24)23(3)30(37)33-31(4,5)6/h8-19,23H,7,20-21H2,1-6H3,(H,33,37)/t23-/m1/s1. The molecule has 220 valence electrons. The lowest BCUT2D eigenvalue weighted by atomic mass is 10.1. The Hall–Kier alpha value is -3.92. The fourth-order valence-corrected chi connectivity index (χ4v) is 5.56. The van der Waals surface area contributed by atoms with Crippen LogP contribution in [-0.2, 0) is 26.2 Å². The quantitative estimate of drug-likeness (QED) is 0.341. The summed E-state index contributed by atoms with van der Waals surface area (Å²) in [5, 5.41) is 2.88. The van der Waals surface area contributed by atoms with E-state index in [0.717, 1.165) is 9.87 Å². The zero-order valence-electron chi connectivity index (χ0n) is 24.3. The third-order valence-electron chi connectivity index (χ3n) is 6.25. The molecule has 8 nitrogen and oxygen atoms in total. The largest absolute Gasteiger partial charge is 0.492 e. The molecule has 0 radical (unpaired) electrons. The molecule has 3 aromatic rings. The lowest BCUT2D eigenvalue weighted by Gasteiger charge is -2.33. The van der Waals surface area contributed by atoms with Crippen molar-refractivity contribution in [3.05, 3.63) is 89.7 Å². The van der Waals surface area contributed by atoms with E-state index in [1.54, 1.807) is 50.2 Å². The monoisotopic (exact) mass is 583 g/mol. The number of rotatable bonds is 11. The summed E-state index contributed by atoms with van der Waals surface area (Å²) in [4.78, 5) is 28.5. The van der Waals surface area contributed by atoms with Gasteiger partial charge in [-0.05, 0) is 83.5 Å². The zero-order chi connectivity index (χ0) is 30.4. The molecule has 3 aromatic carbocycles. The molecule has 0 aliphatic rings. The van der Waals surface area contributed by atoms with Crippen LogP contribution in [0.3, 0.4) is 0 Å². The van der Waals surface area contributed by atoms with Gasteiger partial charge in [-0.15, -0.1) is 0 Å². The number of para-hydroxylation sites is 2. The molecule has 0 spiro atoms. The number of hydrogen-bond acceptors (Lipinski definition) is 5. The molecular formula is C31H38FN3O5S. The van der Waals surface area contributed by atoms with Gasteiger partial charge in [0.2, 0.25) is 11.8 Å². The van der Waals surface area contributed by atoms with E-state index in [2.05, 4.69) is 5.32 Å². The van der Waals surface area contributed by atoms with Crippen LogP contribution in [0.2, 0.25) is 0 Å². The number of anilines is 1. The van der Waals surface area contributed by atoms with Crippen LogP contribution in [0.5, 0.6) is 5.75 Å². The van der Waals surface area contributed by atoms with Crippen molar-refractivity contribution < 1.29 is 27.1 Å². The lowest BCUT2D eigenvalue weighted by Crippen LogP contribution is -2.54. The summed E-state index contributed by atoms with van der Waals surface area (Å²) in [6.07, 6.45) is 0. The number of nitrogens with zero attached hydrogens (tertiary/aromatic N) is 2. The topological polar surface area (TPSA) is 96.0 Å². The van der Waals surface area contributed by atoms with Crippen molar-refractivity contribution in [1.29, 1.82) is 0 Å². The van der Waals surface area contributed by atoms with Gasteiger partial charge in [0.05, 0.1) is 17.2 Å². The van der Waals surface area contributed by atoms with Gasteiger partial charge in [0.15, 0.2) is 0 Å². The highest BCUT2D eigenvalue weighted by Crippen LogP contribution is 2.33. The first-order chi connectivity index (χ1) is 19.2. The van der Waals surface area contributed by atoms with Crippen molar-refractivity contribution in [2.24, 2.45) is 0 Å². The van der Waals surface area contributed by atoms with Crippen LogP contribution in [0.25, 0.3) is 0 Å². The first kappa shape index (κ1) is 31.6. The number of halogens is 1. The Morgan fingerprint density at radius 2 is 1.59 bits per heavy atom. The summed E-state index contributed by atoms with van der Waals surface area (Å²) in [6, 6.07) is 17.5. The summed E-state index contributed by atoms with van der Waals surface area (Å²) in [6.45, 7) is 10.3. The molecule has 0 saturated carbocycles. The number of hydrogen-bond donors (Lipinski definition) is 1. The second-order valence-corrected chi connectivity index (χ2v) is 12.7. The highest BCUT2D eigenvalue weighted by atomic mass is 32.2. The maximum absolute atomic E-state index is 14.0. The average Bonchev–Trinajstić information content (AvgIpc) is 2.91. The second-order valence-electron chi connectivity index (χ2n) is 10.8. The first-order valence-electron chi connectivity index (χ1n) is 13.4. The van der Waals surface area contributed by atoms with E-state index in [-0.39, 0.29) is 23.7 Å². The van der Waals surface area contributed by atoms with E-state index in [0.29, 0.717) is 11.3 Å². The van der Waals surface area contributed by atoms with E-state index in [1.165, 1.54) is 41.3 Å². The SMILES string of the molecule is CCOc1ccccc1N(CC(=O)N(Cc1ccc(F)cc1)[C@H](C)C(=O)NC(C)(C)C)S(=O)(=O)c1ccc(C)cc1. The molecule has 0 aliphatic carbocycles. The van der Waals surface area contributed by atoms with Crippen LogP contribution >= 0.6 is 0 Å². The number of ether oxygens (including phenoxy) is 1. The number of carbonyl (C=O) groups excluding carboxylic acids is 2. The lowest BCUT2D eigenvalue weighted by molar-refractivity contribution is -0.140. The first-order valence-corrected chi connectivity index (χ1v) is 14.8. The summed E-state index contributed by atoms with van der Waals surface area (Å²) in [7, 11) is -4.24. The van der Waals surface area contributed by atoms with Crippen molar-refractivity contribution in [3.63, 3.8) is 0 Å². The molecule has 0 aliphatic heterocycles. The third-order valence-corrected chi connectivity index (χ3v) is 8.03. The Kier molecular flexibility index (Phi) is 10.1. The van der Waals surface area contributed by atoms with E-state index in [1.807, 2.05) is 27.7 Å². The van der Waals surface area contributed by atoms with E-state index < -0.39 is 45.8 Å². The van der Waals surface area contributed by atoms with Crippen LogP contribution in [0.1, 0.15) is 45.7 Å². The fraction of sp³-hybridized carbons (Fsp3) is 0.355. The minimum absolute atomic E-state index is 0.00538. The maximum Gasteiger partial charge on any atom is 0.264 e. The van der Waals surface area contributed by atoms with Gasteiger partial charge in [0.1, 0.15) is 24.2 Å². The zero-order valence-corrected chi connectivity index (χ0v) is 25.2. The molecule has 0 aromatic heterocycles. The molecule has 10 heteroatoms. The van der Waals surface area contributed by atoms with Gasteiger partial charge in [-0.2, -0.15) is 0 Å². The molecule has 3 rings (SSSR count). The second kappa shape index (κ2) is 13.2. The number of benzene rings is 3. The van der Waals surface area contributed by atoms with E-state index in [4.69, 9.17) is 4.74 Å². The van der Waals surface area contributed by atoms with Crippen molar-refractivity contribution in [1.82, 2.24) is 10.2 Å². The van der Waals surface area contributed by atoms with Crippen LogP contribution in [0.15, 0.2) is 77.7 Å². The molecule has 1 N–H and O–H groups in total. The highest BCUT2D eigenvalue weighted by Gasteiger charge is 2.34. The molecule has 0 fully saturated rings. The number of nitrogens with one attached hydrogen (secondary N) is 1. The average molecular weight is 584 g/mol. The summed E-state index contributed by atoms with van der Waals surface area (Å²) in [5.41, 5.74) is 1.09. The van der Waals surface area contributed by atoms with E-state index in [9.17, 15) is 22.4 Å². The normalized spacial score (nSPS) is 12.4. The molecule has 1 atom stereocenters. The van der Waals surface area contributed by atoms with E-state index >= 15 is 0 Å². The number of carbonyl (C=O) groups is 2. The van der Waals surface area contributed by atoms with Gasteiger partial charge in [-0.1, -0.05) is 42.0 Å². The van der Waals surface area contributed by atoms with Gasteiger partial charge in [-0.3, -0.25) is 13.9 Å². The fourth-order valence-electron chi connectivity index (χ4n) is 4.13. The minimum atomic E-state index is -4.24. The maximum atomic E-state index is 14.0. The van der Waals surface area contributed by atoms with Crippen LogP contribution in [0, 0.1) is 12.7 Å². The molecule has 0 saturated heterocycles. The Morgan fingerprint density at radius 3 is 2.17 bits per heavy atom. The highest BCUT2D eigenvalue weighted by molar-refractivity contribution is 7.92. The van der Waals surface area contributed by atoms with Crippen molar-refractivity contribution >= 4 is 27.5 Å². The Morgan fingerprint density at radius 1 is 0.976 bits per heavy atom. The number of sulfonamides is 1. The predicted molar refractivity (Wildman–Crippen MR) is 158 cm³/mol. The minimum Gasteiger partial charge on any atom is -0.492 e. The van der Waals surface area contributed by atoms with Crippen molar-refractivity contribution in [3.8, 4) is 5.75 Å². The smallest absolute Gasteiger partial charge is 0.264 e. The van der Waals surface area contributed by atoms with Crippen molar-refractivity contribution in [2.75, 3.05) is 17.5 Å². The Labute approximate surface area is 242 Å². The molecule has 0 heterocycles. The molecule has 41 heavy (non-hydrogen) atoms. The molecule has 2 amide bonds. The van der Waals surface area contributed by atoms with Gasteiger partial charge in [-0.25, -0.2) is 12.8 Å². The van der Waals surface area contributed by atoms with Gasteiger partial charge >= 0.3 is 0 Å². The third kappa shape index (κ3) is 8.29. The van der Waals surface area contributed by atoms with Gasteiger partial charge in [0, 0.05) is 12.1 Å². The number of amides is 2. The van der Waals surface area contributed by atoms with Crippen LogP contribution < -0.4 is 14.4 Å². The van der Waals surface area contributed by atoms with Gasteiger partial charge < -0.3 is 15.0 Å². The summed E-state index contributed by atoms with van der Waals surface area (Å²) in [5.74, 6) is -1.17. The molecule has 0 unspecified atom stereocenters. The Balaban J connectivity index is 2.08. The van der Waals surface area contributed by atoms with Gasteiger partial charge in [0.25, 0.3) is 10.0 Å². The van der Waals surface area contributed by atoms with Crippen LogP contribution in [-0.4, -0.2) is 49.9 Å². The molecule has 0 bridgehead atoms. The Bertz CT molecular complexity index is 1450. The van der Waals surface area contributed by atoms with Crippen LogP contribution in [0.4, 0.5) is 10.1 Å². The summed E-state index contributed by atoms with van der Waals surface area (Å²) >= 11 is 0. The van der Waals surface area contributed by atoms with Crippen molar-refractivity contribution in [2.45, 2.75) is 64.6 Å². The summed E-state index contributed by atoms with van der Waals surface area (Å²) < 4.78 is 48.4. The molecular weight excluding hydrogens is 545 g/mol. The predicted octanol–water partition coefficient (Wildman–Crippen LogP) is 5.06. The number of aryl methyl sites for hydroxylation is 1.